The van der Waals surface area contributed by atoms with Crippen LogP contribution in [0, 0.1) is 5.92 Å². The van der Waals surface area contributed by atoms with Gasteiger partial charge in [0.15, 0.2) is 9.84 Å². The van der Waals surface area contributed by atoms with E-state index in [2.05, 4.69) is 0 Å². The van der Waals surface area contributed by atoms with Crippen LogP contribution in [0.5, 0.6) is 0 Å². The Hall–Kier alpha value is -0.410. The fourth-order valence-corrected chi connectivity index (χ4v) is 7.12. The topological polar surface area (TPSA) is 100 Å². The van der Waals surface area contributed by atoms with Crippen LogP contribution in [0.25, 0.3) is 0 Å². The molecule has 2 rings (SSSR count). The van der Waals surface area contributed by atoms with Crippen molar-refractivity contribution in [2.75, 3.05) is 12.8 Å². The van der Waals surface area contributed by atoms with Crippen molar-refractivity contribution in [2.45, 2.75) is 43.8 Å². The van der Waals surface area contributed by atoms with Gasteiger partial charge in [-0.1, -0.05) is 30.7 Å². The molecule has 0 aliphatic carbocycles. The van der Waals surface area contributed by atoms with Crippen LogP contribution in [0.2, 0.25) is 5.02 Å². The Bertz CT molecular complexity index is 948. The molecule has 0 radical (unpaired) electrons. The second-order valence-electron chi connectivity index (χ2n) is 7.43. The van der Waals surface area contributed by atoms with Crippen molar-refractivity contribution < 1.29 is 47.9 Å². The number of aromatic carboxylic acids is 1. The number of hydrogen-bond acceptors (Lipinski definition) is 6. The number of carboxylic acids is 1. The van der Waals surface area contributed by atoms with Gasteiger partial charge in [0.2, 0.25) is 0 Å². The minimum Gasteiger partial charge on any atom is -0.544 e. The number of rotatable bonds is 11. The Balaban J connectivity index is 0.00000450. The molecular weight excluding hydrogens is 453 g/mol. The van der Waals surface area contributed by atoms with Crippen LogP contribution in [0.4, 0.5) is 0 Å². The number of halogens is 1. The summed E-state index contributed by atoms with van der Waals surface area (Å²) in [6, 6.07) is 9.20. The van der Waals surface area contributed by atoms with Crippen LogP contribution in [-0.2, 0) is 21.0 Å². The predicted octanol–water partition coefficient (Wildman–Crippen LogP) is 0.407. The Morgan fingerprint density at radius 3 is 2.57 bits per heavy atom. The second kappa shape index (κ2) is 12.0. The minimum absolute atomic E-state index is 0. The van der Waals surface area contributed by atoms with Gasteiger partial charge < -0.3 is 15.6 Å². The van der Waals surface area contributed by atoms with E-state index >= 15 is 0 Å². The van der Waals surface area contributed by atoms with E-state index < -0.39 is 20.6 Å². The molecule has 2 atom stereocenters. The number of nitrogens with two attached hydrogens (primary N) is 1. The Labute approximate surface area is 210 Å². The van der Waals surface area contributed by atoms with Crippen LogP contribution >= 0.6 is 22.9 Å². The molecule has 5 nitrogen and oxygen atoms in total. The fourth-order valence-electron chi connectivity index (χ4n) is 4.10. The molecule has 0 amide bonds. The summed E-state index contributed by atoms with van der Waals surface area (Å²) in [5.41, 5.74) is 7.10. The molecule has 1 heterocycles. The Morgan fingerprint density at radius 2 is 2.00 bits per heavy atom. The third-order valence-electron chi connectivity index (χ3n) is 5.51. The molecule has 0 aliphatic rings. The van der Waals surface area contributed by atoms with Gasteiger partial charge in [-0.05, 0) is 79.3 Å². The van der Waals surface area contributed by atoms with E-state index in [-0.39, 0.29) is 46.8 Å². The molecule has 2 N–H and O–H groups in total. The first-order valence-electron chi connectivity index (χ1n) is 9.57. The molecular formula is C21H27ClNNaO4S2. The average Bonchev–Trinajstić information content (AvgIpc) is 3.11. The predicted molar refractivity (Wildman–Crippen MR) is 117 cm³/mol. The summed E-state index contributed by atoms with van der Waals surface area (Å²) in [7, 11) is -3.64. The first-order valence-corrected chi connectivity index (χ1v) is 12.7. The van der Waals surface area contributed by atoms with Crippen molar-refractivity contribution in [3.63, 3.8) is 0 Å². The summed E-state index contributed by atoms with van der Waals surface area (Å²) in [5, 5.41) is 13.9. The van der Waals surface area contributed by atoms with Crippen molar-refractivity contribution in [3.05, 3.63) is 56.7 Å². The molecule has 2 unspecified atom stereocenters. The summed E-state index contributed by atoms with van der Waals surface area (Å²) in [6.45, 7) is 2.21. The number of sulfone groups is 1. The summed E-state index contributed by atoms with van der Waals surface area (Å²) < 4.78 is 24.9. The van der Waals surface area contributed by atoms with Gasteiger partial charge in [-0.15, -0.1) is 11.3 Å². The van der Waals surface area contributed by atoms with Crippen molar-refractivity contribution >= 4 is 38.7 Å². The van der Waals surface area contributed by atoms with E-state index in [4.69, 9.17) is 17.3 Å². The smallest absolute Gasteiger partial charge is 0.544 e. The van der Waals surface area contributed by atoms with E-state index in [0.717, 1.165) is 29.7 Å². The molecule has 1 aromatic carbocycles. The molecule has 0 fully saturated rings. The molecule has 0 saturated carbocycles. The quantitative estimate of drug-likeness (QED) is 0.470. The van der Waals surface area contributed by atoms with Crippen LogP contribution < -0.4 is 40.4 Å². The normalized spacial score (nSPS) is 14.5. The van der Waals surface area contributed by atoms with Crippen LogP contribution in [0.1, 0.15) is 53.4 Å². The van der Waals surface area contributed by atoms with Gasteiger partial charge in [-0.2, -0.15) is 0 Å². The second-order valence-corrected chi connectivity index (χ2v) is 11.1. The van der Waals surface area contributed by atoms with Gasteiger partial charge >= 0.3 is 29.6 Å². The van der Waals surface area contributed by atoms with Crippen LogP contribution in [0.15, 0.2) is 35.7 Å². The third kappa shape index (κ3) is 6.31. The van der Waals surface area contributed by atoms with E-state index in [1.54, 1.807) is 11.4 Å². The van der Waals surface area contributed by atoms with E-state index in [1.807, 2.05) is 31.2 Å². The molecule has 160 valence electrons. The largest absolute Gasteiger partial charge is 1.00 e. The molecule has 1 aromatic heterocycles. The Morgan fingerprint density at radius 1 is 1.30 bits per heavy atom. The third-order valence-corrected chi connectivity index (χ3v) is 8.79. The molecule has 0 aliphatic heterocycles. The van der Waals surface area contributed by atoms with Crippen molar-refractivity contribution in [3.8, 4) is 0 Å². The van der Waals surface area contributed by atoms with E-state index in [0.29, 0.717) is 30.0 Å². The van der Waals surface area contributed by atoms with Crippen molar-refractivity contribution in [1.29, 1.82) is 0 Å². The number of hydrogen-bond donors (Lipinski definition) is 1. The number of carboxylic acid groups (broad SMARTS) is 1. The number of carbonyl (C=O) groups is 1. The summed E-state index contributed by atoms with van der Waals surface area (Å²) in [6.07, 6.45) is 4.08. The zero-order valence-corrected chi connectivity index (χ0v) is 22.1. The molecule has 0 spiro atoms. The van der Waals surface area contributed by atoms with Gasteiger partial charge in [0.05, 0.1) is 10.8 Å². The summed E-state index contributed by atoms with van der Waals surface area (Å²) in [4.78, 5) is 11.6. The van der Waals surface area contributed by atoms with Gasteiger partial charge in [-0.25, -0.2) is 8.42 Å². The van der Waals surface area contributed by atoms with Crippen LogP contribution in [0.3, 0.4) is 0 Å². The van der Waals surface area contributed by atoms with Crippen LogP contribution in [-0.4, -0.2) is 27.2 Å². The summed E-state index contributed by atoms with van der Waals surface area (Å²) >= 11 is 7.04. The van der Waals surface area contributed by atoms with E-state index in [1.165, 1.54) is 6.26 Å². The average molecular weight is 480 g/mol. The molecule has 0 bridgehead atoms. The fraction of sp³-hybridized carbons (Fsp3) is 0.476. The molecule has 2 aromatic rings. The molecule has 30 heavy (non-hydrogen) atoms. The van der Waals surface area contributed by atoms with Gasteiger partial charge in [0.1, 0.15) is 4.75 Å². The molecule has 0 saturated heterocycles. The van der Waals surface area contributed by atoms with E-state index in [9.17, 15) is 18.3 Å². The molecule has 9 heteroatoms. The summed E-state index contributed by atoms with van der Waals surface area (Å²) in [5.74, 6) is -1.64. The number of thiophene rings is 1. The minimum atomic E-state index is -3.64. The maximum Gasteiger partial charge on any atom is 1.00 e. The zero-order valence-electron chi connectivity index (χ0n) is 17.7. The monoisotopic (exact) mass is 479 g/mol. The number of aryl methyl sites for hydroxylation is 1. The SMILES string of the molecule is CC(CCCc1cccc(Cl)c1)C(CCCN)(c1ccsc1C(=O)[O-])S(C)(=O)=O.[Na+]. The van der Waals surface area contributed by atoms with Crippen molar-refractivity contribution in [1.82, 2.24) is 0 Å². The van der Waals surface area contributed by atoms with Gasteiger partial charge in [-0.3, -0.25) is 0 Å². The first-order chi connectivity index (χ1) is 13.6. The van der Waals surface area contributed by atoms with Crippen molar-refractivity contribution in [2.24, 2.45) is 11.7 Å². The van der Waals surface area contributed by atoms with Gasteiger partial charge in [0, 0.05) is 11.3 Å². The standard InChI is InChI=1S/C21H28ClNO4S2.Na/c1-15(6-3-7-16-8-4-9-17(22)14-16)21(11-5-12-23,29(2,26)27)18-10-13-28-19(18)20(24)25;/h4,8-10,13-15H,3,5-7,11-12,23H2,1-2H3,(H,24,25);/q;+1/p-1. The Kier molecular flexibility index (Phi) is 11.0. The van der Waals surface area contributed by atoms with Gasteiger partial charge in [0.25, 0.3) is 0 Å². The maximum atomic E-state index is 13.1. The zero-order chi connectivity index (χ0) is 21.7. The number of benzene rings is 1. The number of carbonyl (C=O) groups excluding carboxylic acids is 1. The first kappa shape index (κ1) is 27.6. The maximum absolute atomic E-state index is 13.1.